The number of rotatable bonds is 6. The molecule has 0 heterocycles. The van der Waals surface area contributed by atoms with E-state index in [2.05, 4.69) is 13.8 Å². The maximum atomic E-state index is 5.97. The summed E-state index contributed by atoms with van der Waals surface area (Å²) in [6.07, 6.45) is 9.41. The summed E-state index contributed by atoms with van der Waals surface area (Å²) < 4.78 is 11.9. The zero-order valence-corrected chi connectivity index (χ0v) is 13.1. The van der Waals surface area contributed by atoms with E-state index in [1.54, 1.807) is 0 Å². The Balaban J connectivity index is 2.72. The average molecular weight is 258 g/mol. The van der Waals surface area contributed by atoms with Crippen LogP contribution in [-0.4, -0.2) is 22.8 Å². The van der Waals surface area contributed by atoms with Crippen LogP contribution < -0.4 is 0 Å². The molecule has 0 bridgehead atoms. The Bertz CT molecular complexity index is 196. The van der Waals surface area contributed by atoms with Crippen molar-refractivity contribution in [1.82, 2.24) is 0 Å². The summed E-state index contributed by atoms with van der Waals surface area (Å²) in [4.78, 5) is 0. The lowest BCUT2D eigenvalue weighted by Crippen LogP contribution is -2.46. The third kappa shape index (κ3) is 4.07. The van der Waals surface area contributed by atoms with Crippen LogP contribution in [0.5, 0.6) is 0 Å². The number of hydrogen-bond acceptors (Lipinski definition) is 2. The lowest BCUT2D eigenvalue weighted by molar-refractivity contribution is 0.216. The largest absolute Gasteiger partial charge is 0.397 e. The van der Waals surface area contributed by atoms with Crippen molar-refractivity contribution in [1.29, 1.82) is 0 Å². The van der Waals surface area contributed by atoms with Crippen LogP contribution in [0.25, 0.3) is 0 Å². The molecule has 1 atom stereocenters. The van der Waals surface area contributed by atoms with Crippen molar-refractivity contribution in [2.75, 3.05) is 14.2 Å². The summed E-state index contributed by atoms with van der Waals surface area (Å²) in [6.45, 7) is 4.60. The summed E-state index contributed by atoms with van der Waals surface area (Å²) in [5.74, 6) is 0.727. The SMILES string of the molecule is CCC(C)C[Si](OC)(OC)C1CCCCCC1. The van der Waals surface area contributed by atoms with Gasteiger partial charge >= 0.3 is 8.56 Å². The molecule has 0 amide bonds. The maximum Gasteiger partial charge on any atom is 0.341 e. The second-order valence-electron chi connectivity index (χ2n) is 5.63. The van der Waals surface area contributed by atoms with Crippen LogP contribution in [0.3, 0.4) is 0 Å². The van der Waals surface area contributed by atoms with Crippen molar-refractivity contribution in [3.05, 3.63) is 0 Å². The molecule has 1 rings (SSSR count). The van der Waals surface area contributed by atoms with E-state index in [1.807, 2.05) is 14.2 Å². The summed E-state index contributed by atoms with van der Waals surface area (Å²) in [5.41, 5.74) is 0.717. The van der Waals surface area contributed by atoms with Crippen LogP contribution >= 0.6 is 0 Å². The van der Waals surface area contributed by atoms with Gasteiger partial charge in [0.2, 0.25) is 0 Å². The summed E-state index contributed by atoms with van der Waals surface area (Å²) in [5, 5.41) is 0. The molecule has 0 radical (unpaired) electrons. The third-order valence-electron chi connectivity index (χ3n) is 4.50. The van der Waals surface area contributed by atoms with Gasteiger partial charge in [-0.1, -0.05) is 46.0 Å². The van der Waals surface area contributed by atoms with E-state index in [9.17, 15) is 0 Å². The molecule has 3 heteroatoms. The lowest BCUT2D eigenvalue weighted by atomic mass is 10.2. The minimum atomic E-state index is -1.96. The molecule has 1 unspecified atom stereocenters. The van der Waals surface area contributed by atoms with Gasteiger partial charge in [-0.3, -0.25) is 0 Å². The smallest absolute Gasteiger partial charge is 0.341 e. The van der Waals surface area contributed by atoms with Crippen molar-refractivity contribution in [2.24, 2.45) is 5.92 Å². The highest BCUT2D eigenvalue weighted by atomic mass is 28.4. The first-order valence-corrected chi connectivity index (χ1v) is 9.39. The van der Waals surface area contributed by atoms with E-state index < -0.39 is 8.56 Å². The van der Waals surface area contributed by atoms with Crippen LogP contribution in [0.4, 0.5) is 0 Å². The monoisotopic (exact) mass is 258 g/mol. The second-order valence-corrected chi connectivity index (χ2v) is 9.29. The van der Waals surface area contributed by atoms with Gasteiger partial charge in [0.05, 0.1) is 0 Å². The van der Waals surface area contributed by atoms with Gasteiger partial charge in [0.15, 0.2) is 0 Å². The quantitative estimate of drug-likeness (QED) is 0.516. The molecule has 0 aromatic rings. The zero-order valence-electron chi connectivity index (χ0n) is 12.1. The minimum absolute atomic E-state index is 0.717. The second kappa shape index (κ2) is 7.55. The Kier molecular flexibility index (Phi) is 6.74. The molecule has 1 aliphatic carbocycles. The highest BCUT2D eigenvalue weighted by Crippen LogP contribution is 2.40. The number of hydrogen-bond donors (Lipinski definition) is 0. The topological polar surface area (TPSA) is 18.5 Å². The molecule has 1 aliphatic rings. The van der Waals surface area contributed by atoms with E-state index in [1.165, 1.54) is 51.0 Å². The Morgan fingerprint density at radius 2 is 1.59 bits per heavy atom. The average Bonchev–Trinajstić information content (AvgIpc) is 2.65. The molecule has 2 nitrogen and oxygen atoms in total. The molecule has 0 aromatic carbocycles. The third-order valence-corrected chi connectivity index (χ3v) is 8.97. The van der Waals surface area contributed by atoms with Gasteiger partial charge in [-0.2, -0.15) is 0 Å². The van der Waals surface area contributed by atoms with Gasteiger partial charge in [0.25, 0.3) is 0 Å². The Morgan fingerprint density at radius 1 is 1.06 bits per heavy atom. The minimum Gasteiger partial charge on any atom is -0.397 e. The van der Waals surface area contributed by atoms with Gasteiger partial charge in [0, 0.05) is 19.8 Å². The van der Waals surface area contributed by atoms with Gasteiger partial charge in [-0.15, -0.1) is 0 Å². The highest BCUT2D eigenvalue weighted by molar-refractivity contribution is 6.69. The van der Waals surface area contributed by atoms with Crippen LogP contribution in [0.15, 0.2) is 0 Å². The lowest BCUT2D eigenvalue weighted by Gasteiger charge is -2.36. The van der Waals surface area contributed by atoms with Crippen LogP contribution in [0, 0.1) is 5.92 Å². The zero-order chi connectivity index (χ0) is 12.7. The summed E-state index contributed by atoms with van der Waals surface area (Å²) in [7, 11) is 1.80. The Labute approximate surface area is 108 Å². The molecular weight excluding hydrogens is 228 g/mol. The van der Waals surface area contributed by atoms with Crippen LogP contribution in [0.2, 0.25) is 11.6 Å². The summed E-state index contributed by atoms with van der Waals surface area (Å²) in [6, 6.07) is 1.17. The predicted molar refractivity (Wildman–Crippen MR) is 75.5 cm³/mol. The first-order valence-electron chi connectivity index (χ1n) is 7.28. The molecule has 0 N–H and O–H groups in total. The molecular formula is C14H30O2Si. The van der Waals surface area contributed by atoms with Gasteiger partial charge in [0.1, 0.15) is 0 Å². The molecule has 17 heavy (non-hydrogen) atoms. The van der Waals surface area contributed by atoms with Crippen molar-refractivity contribution < 1.29 is 8.85 Å². The van der Waals surface area contributed by atoms with Gasteiger partial charge in [-0.25, -0.2) is 0 Å². The molecule has 102 valence electrons. The molecule has 0 aliphatic heterocycles. The molecule has 1 fully saturated rings. The molecule has 0 aromatic heterocycles. The van der Waals surface area contributed by atoms with E-state index >= 15 is 0 Å². The molecule has 0 saturated heterocycles. The van der Waals surface area contributed by atoms with Crippen molar-refractivity contribution in [3.63, 3.8) is 0 Å². The van der Waals surface area contributed by atoms with Gasteiger partial charge in [-0.05, 0) is 24.8 Å². The Hall–Kier alpha value is 0.137. The van der Waals surface area contributed by atoms with Crippen LogP contribution in [0.1, 0.15) is 58.8 Å². The Morgan fingerprint density at radius 3 is 2.00 bits per heavy atom. The fourth-order valence-electron chi connectivity index (χ4n) is 3.10. The van der Waals surface area contributed by atoms with Crippen molar-refractivity contribution in [2.45, 2.75) is 70.4 Å². The molecule has 0 spiro atoms. The van der Waals surface area contributed by atoms with E-state index in [0.717, 1.165) is 5.92 Å². The normalized spacial score (nSPS) is 21.2. The fourth-order valence-corrected chi connectivity index (χ4v) is 7.15. The van der Waals surface area contributed by atoms with E-state index in [4.69, 9.17) is 8.85 Å². The van der Waals surface area contributed by atoms with Crippen molar-refractivity contribution >= 4 is 8.56 Å². The van der Waals surface area contributed by atoms with E-state index in [0.29, 0.717) is 5.54 Å². The highest BCUT2D eigenvalue weighted by Gasteiger charge is 2.44. The maximum absolute atomic E-state index is 5.97. The van der Waals surface area contributed by atoms with Crippen molar-refractivity contribution in [3.8, 4) is 0 Å². The predicted octanol–water partition coefficient (Wildman–Crippen LogP) is 4.49. The standard InChI is InChI=1S/C14H30O2Si/c1-5-13(2)12-17(15-3,16-4)14-10-8-6-7-9-11-14/h13-14H,5-12H2,1-4H3. The van der Waals surface area contributed by atoms with E-state index in [-0.39, 0.29) is 0 Å². The first kappa shape index (κ1) is 15.2. The fraction of sp³-hybridized carbons (Fsp3) is 1.00. The van der Waals surface area contributed by atoms with Gasteiger partial charge < -0.3 is 8.85 Å². The molecule has 1 saturated carbocycles. The summed E-state index contributed by atoms with van der Waals surface area (Å²) >= 11 is 0. The van der Waals surface area contributed by atoms with Crippen LogP contribution in [-0.2, 0) is 8.85 Å². The first-order chi connectivity index (χ1) is 8.18.